The Morgan fingerprint density at radius 3 is 2.71 bits per heavy atom. The van der Waals surface area contributed by atoms with Crippen LogP contribution in [0.5, 0.6) is 5.75 Å². The second-order valence-corrected chi connectivity index (χ2v) is 6.54. The lowest BCUT2D eigenvalue weighted by molar-refractivity contribution is 0.276. The molecule has 3 heteroatoms. The summed E-state index contributed by atoms with van der Waals surface area (Å²) >= 11 is 0. The number of hydrogen-bond donors (Lipinski definition) is 2. The van der Waals surface area contributed by atoms with E-state index in [-0.39, 0.29) is 0 Å². The fraction of sp³-hybridized carbons (Fsp3) is 0.667. The van der Waals surface area contributed by atoms with Gasteiger partial charge in [0.25, 0.3) is 0 Å². The fourth-order valence-electron chi connectivity index (χ4n) is 3.76. The third-order valence-corrected chi connectivity index (χ3v) is 4.96. The first-order valence-electron chi connectivity index (χ1n) is 8.60. The lowest BCUT2D eigenvalue weighted by atomic mass is 9.87. The van der Waals surface area contributed by atoms with Crippen molar-refractivity contribution in [2.24, 2.45) is 0 Å². The van der Waals surface area contributed by atoms with E-state index in [1.165, 1.54) is 62.7 Å². The van der Waals surface area contributed by atoms with Crippen LogP contribution in [-0.4, -0.2) is 36.2 Å². The molecule has 1 aliphatic heterocycles. The summed E-state index contributed by atoms with van der Waals surface area (Å²) in [5.41, 5.74) is 2.73. The van der Waals surface area contributed by atoms with Crippen LogP contribution in [0.4, 0.5) is 0 Å². The minimum absolute atomic E-state index is 0.398. The van der Waals surface area contributed by atoms with Crippen molar-refractivity contribution in [2.75, 3.05) is 26.2 Å². The number of benzene rings is 1. The highest BCUT2D eigenvalue weighted by molar-refractivity contribution is 5.38. The van der Waals surface area contributed by atoms with Crippen LogP contribution in [-0.2, 0) is 6.42 Å². The number of nitrogens with zero attached hydrogens (tertiary/aromatic N) is 1. The number of likely N-dealkylation sites (tertiary alicyclic amines) is 1. The van der Waals surface area contributed by atoms with Gasteiger partial charge in [0.2, 0.25) is 0 Å². The van der Waals surface area contributed by atoms with Gasteiger partial charge >= 0.3 is 0 Å². The molecular weight excluding hydrogens is 260 g/mol. The molecule has 0 spiro atoms. The maximum atomic E-state index is 9.73. The normalized spacial score (nSPS) is 23.5. The number of phenolic OH excluding ortho intramolecular Hbond substituents is 1. The zero-order valence-corrected chi connectivity index (χ0v) is 13.0. The van der Waals surface area contributed by atoms with Gasteiger partial charge in [-0.2, -0.15) is 0 Å². The van der Waals surface area contributed by atoms with Crippen LogP contribution in [0.1, 0.15) is 55.7 Å². The van der Waals surface area contributed by atoms with E-state index in [1.54, 1.807) is 0 Å². The summed E-state index contributed by atoms with van der Waals surface area (Å²) in [5.74, 6) is 0.398. The molecular formula is C18H28N2O. The number of aryl methyl sites for hydroxylation is 1. The molecule has 1 aromatic rings. The quantitative estimate of drug-likeness (QED) is 0.893. The van der Waals surface area contributed by atoms with E-state index < -0.39 is 0 Å². The highest BCUT2D eigenvalue weighted by Gasteiger charge is 2.20. The molecule has 1 atom stereocenters. The number of hydrogen-bond acceptors (Lipinski definition) is 3. The molecule has 0 aromatic heterocycles. The Kier molecular flexibility index (Phi) is 5.15. The lowest BCUT2D eigenvalue weighted by Gasteiger charge is -2.28. The summed E-state index contributed by atoms with van der Waals surface area (Å²) in [7, 11) is 0. The monoisotopic (exact) mass is 288 g/mol. The van der Waals surface area contributed by atoms with E-state index in [2.05, 4.69) is 16.3 Å². The third kappa shape index (κ3) is 3.98. The maximum Gasteiger partial charge on any atom is 0.115 e. The predicted octanol–water partition coefficient (Wildman–Crippen LogP) is 3.24. The molecule has 0 bridgehead atoms. The molecule has 0 saturated carbocycles. The van der Waals surface area contributed by atoms with Gasteiger partial charge in [-0.3, -0.25) is 0 Å². The molecule has 1 heterocycles. The van der Waals surface area contributed by atoms with Crippen molar-refractivity contribution in [1.29, 1.82) is 0 Å². The van der Waals surface area contributed by atoms with Crippen LogP contribution < -0.4 is 5.32 Å². The minimum atomic E-state index is 0.398. The van der Waals surface area contributed by atoms with Gasteiger partial charge in [0.05, 0.1) is 0 Å². The Hall–Kier alpha value is -1.06. The molecule has 0 amide bonds. The first-order valence-corrected chi connectivity index (χ1v) is 8.60. The van der Waals surface area contributed by atoms with Crippen LogP contribution in [0, 0.1) is 0 Å². The van der Waals surface area contributed by atoms with Crippen molar-refractivity contribution in [2.45, 2.75) is 51.0 Å². The first-order chi connectivity index (χ1) is 10.3. The number of aromatic hydroxyl groups is 1. The molecule has 1 saturated heterocycles. The average Bonchev–Trinajstić information content (AvgIpc) is 2.76. The largest absolute Gasteiger partial charge is 0.508 e. The Labute approximate surface area is 128 Å². The maximum absolute atomic E-state index is 9.73. The van der Waals surface area contributed by atoms with E-state index in [0.717, 1.165) is 19.5 Å². The van der Waals surface area contributed by atoms with Gasteiger partial charge in [-0.15, -0.1) is 0 Å². The van der Waals surface area contributed by atoms with Crippen molar-refractivity contribution < 1.29 is 5.11 Å². The molecule has 3 nitrogen and oxygen atoms in total. The summed E-state index contributed by atoms with van der Waals surface area (Å²) in [6, 6.07) is 6.29. The number of nitrogens with one attached hydrogen (secondary N) is 1. The number of fused-ring (bicyclic) bond motifs is 1. The van der Waals surface area contributed by atoms with Gasteiger partial charge in [0.1, 0.15) is 5.75 Å². The van der Waals surface area contributed by atoms with E-state index in [0.29, 0.717) is 11.8 Å². The van der Waals surface area contributed by atoms with Gasteiger partial charge in [-0.05, 0) is 68.5 Å². The first kappa shape index (κ1) is 14.9. The Morgan fingerprint density at radius 1 is 1.10 bits per heavy atom. The number of rotatable bonds is 4. The molecule has 116 valence electrons. The smallest absolute Gasteiger partial charge is 0.115 e. The molecule has 1 fully saturated rings. The second-order valence-electron chi connectivity index (χ2n) is 6.54. The van der Waals surface area contributed by atoms with Gasteiger partial charge in [-0.1, -0.05) is 18.9 Å². The van der Waals surface area contributed by atoms with E-state index >= 15 is 0 Å². The van der Waals surface area contributed by atoms with Crippen LogP contribution in [0.2, 0.25) is 0 Å². The van der Waals surface area contributed by atoms with Crippen molar-refractivity contribution in [3.05, 3.63) is 29.3 Å². The third-order valence-electron chi connectivity index (χ3n) is 4.96. The average molecular weight is 288 g/mol. The second kappa shape index (κ2) is 7.28. The Morgan fingerprint density at radius 2 is 1.90 bits per heavy atom. The SMILES string of the molecule is Oc1ccc2c(c1)C(NCCN1CCCCCC1)CCC2. The molecule has 21 heavy (non-hydrogen) atoms. The number of phenols is 1. The summed E-state index contributed by atoms with van der Waals surface area (Å²) in [5, 5.41) is 13.5. The summed E-state index contributed by atoms with van der Waals surface area (Å²) in [6.07, 6.45) is 9.12. The standard InChI is InChI=1S/C18H28N2O/c21-16-9-8-15-6-5-7-18(17(15)14-16)19-10-13-20-11-3-1-2-4-12-20/h8-9,14,18-19,21H,1-7,10-13H2. The van der Waals surface area contributed by atoms with Gasteiger partial charge < -0.3 is 15.3 Å². The van der Waals surface area contributed by atoms with Gasteiger partial charge in [0, 0.05) is 19.1 Å². The van der Waals surface area contributed by atoms with Gasteiger partial charge in [0.15, 0.2) is 0 Å². The Balaban J connectivity index is 1.53. The fourth-order valence-corrected chi connectivity index (χ4v) is 3.76. The van der Waals surface area contributed by atoms with Crippen molar-refractivity contribution in [3.8, 4) is 5.75 Å². The van der Waals surface area contributed by atoms with Crippen molar-refractivity contribution in [3.63, 3.8) is 0 Å². The molecule has 1 aliphatic carbocycles. The van der Waals surface area contributed by atoms with E-state index in [4.69, 9.17) is 0 Å². The van der Waals surface area contributed by atoms with Crippen LogP contribution in [0.3, 0.4) is 0 Å². The minimum Gasteiger partial charge on any atom is -0.508 e. The summed E-state index contributed by atoms with van der Waals surface area (Å²) in [6.45, 7) is 4.75. The summed E-state index contributed by atoms with van der Waals surface area (Å²) in [4.78, 5) is 2.60. The zero-order chi connectivity index (χ0) is 14.5. The molecule has 0 radical (unpaired) electrons. The highest BCUT2D eigenvalue weighted by Crippen LogP contribution is 2.31. The van der Waals surface area contributed by atoms with E-state index in [1.807, 2.05) is 12.1 Å². The Bertz CT molecular complexity index is 453. The predicted molar refractivity (Wildman–Crippen MR) is 86.7 cm³/mol. The van der Waals surface area contributed by atoms with Crippen molar-refractivity contribution in [1.82, 2.24) is 10.2 Å². The molecule has 2 aliphatic rings. The van der Waals surface area contributed by atoms with Crippen LogP contribution >= 0.6 is 0 Å². The molecule has 3 rings (SSSR count). The van der Waals surface area contributed by atoms with E-state index in [9.17, 15) is 5.11 Å². The molecule has 1 unspecified atom stereocenters. The molecule has 2 N–H and O–H groups in total. The lowest BCUT2D eigenvalue weighted by Crippen LogP contribution is -2.35. The van der Waals surface area contributed by atoms with Crippen molar-refractivity contribution >= 4 is 0 Å². The van der Waals surface area contributed by atoms with Crippen LogP contribution in [0.15, 0.2) is 18.2 Å². The zero-order valence-electron chi connectivity index (χ0n) is 13.0. The van der Waals surface area contributed by atoms with Gasteiger partial charge in [-0.25, -0.2) is 0 Å². The van der Waals surface area contributed by atoms with Crippen LogP contribution in [0.25, 0.3) is 0 Å². The highest BCUT2D eigenvalue weighted by atomic mass is 16.3. The topological polar surface area (TPSA) is 35.5 Å². The molecule has 1 aromatic carbocycles. The summed E-state index contributed by atoms with van der Waals surface area (Å²) < 4.78 is 0.